The number of rotatable bonds is 5. The topological polar surface area (TPSA) is 89.8 Å². The maximum Gasteiger partial charge on any atom is 0.264 e. The van der Waals surface area contributed by atoms with Crippen LogP contribution in [-0.4, -0.2) is 28.2 Å². The predicted octanol–water partition coefficient (Wildman–Crippen LogP) is 1.66. The number of pyridine rings is 1. The number of nitrogens with one attached hydrogen (secondary N) is 1. The molecule has 0 bridgehead atoms. The second-order valence-electron chi connectivity index (χ2n) is 4.65. The van der Waals surface area contributed by atoms with Gasteiger partial charge in [-0.05, 0) is 36.4 Å². The third-order valence-corrected chi connectivity index (χ3v) is 4.28. The summed E-state index contributed by atoms with van der Waals surface area (Å²) in [6.45, 7) is 0.367. The third-order valence-electron chi connectivity index (χ3n) is 2.94. The Morgan fingerprint density at radius 2 is 1.87 bits per heavy atom. The van der Waals surface area contributed by atoms with Crippen molar-refractivity contribution in [3.8, 4) is 0 Å². The molecular weight excluding hydrogens is 321 g/mol. The van der Waals surface area contributed by atoms with E-state index < -0.39 is 15.8 Å². The van der Waals surface area contributed by atoms with Gasteiger partial charge in [-0.2, -0.15) is 4.98 Å². The summed E-state index contributed by atoms with van der Waals surface area (Å²) in [6, 6.07) is 9.95. The molecule has 2 aromatic heterocycles. The molecule has 0 amide bonds. The summed E-state index contributed by atoms with van der Waals surface area (Å²) in [5.74, 6) is -0.577. The molecule has 0 saturated heterocycles. The first kappa shape index (κ1) is 15.1. The first-order valence-corrected chi connectivity index (χ1v) is 8.09. The van der Waals surface area contributed by atoms with E-state index in [1.165, 1.54) is 23.1 Å². The molecule has 0 aliphatic heterocycles. The van der Waals surface area contributed by atoms with Crippen LogP contribution in [0.3, 0.4) is 0 Å². The van der Waals surface area contributed by atoms with Gasteiger partial charge in [0, 0.05) is 6.20 Å². The lowest BCUT2D eigenvalue weighted by Gasteiger charge is -2.04. The average molecular weight is 333 g/mol. The van der Waals surface area contributed by atoms with Crippen molar-refractivity contribution in [2.24, 2.45) is 0 Å². The predicted molar refractivity (Wildman–Crippen MR) is 80.6 cm³/mol. The van der Waals surface area contributed by atoms with Crippen LogP contribution in [0.15, 0.2) is 59.9 Å². The van der Waals surface area contributed by atoms with E-state index in [0.717, 1.165) is 17.8 Å². The van der Waals surface area contributed by atoms with Crippen LogP contribution < -0.4 is 4.72 Å². The van der Waals surface area contributed by atoms with E-state index in [4.69, 9.17) is 0 Å². The van der Waals surface area contributed by atoms with Crippen LogP contribution in [0, 0.1) is 5.82 Å². The Morgan fingerprint density at radius 3 is 2.57 bits per heavy atom. The largest absolute Gasteiger partial charge is 0.264 e. The van der Waals surface area contributed by atoms with Crippen LogP contribution in [0.1, 0.15) is 5.69 Å². The fraction of sp³-hybridized carbons (Fsp3) is 0.0714. The van der Waals surface area contributed by atoms with Crippen LogP contribution in [0.2, 0.25) is 0 Å². The molecule has 1 aromatic carbocycles. The molecule has 0 spiro atoms. The Hall–Kier alpha value is -2.81. The van der Waals surface area contributed by atoms with Crippen LogP contribution in [0.25, 0.3) is 0 Å². The van der Waals surface area contributed by atoms with Gasteiger partial charge >= 0.3 is 0 Å². The number of hydrogen-bond acceptors (Lipinski definition) is 5. The molecule has 118 valence electrons. The van der Waals surface area contributed by atoms with E-state index in [1.54, 1.807) is 12.3 Å². The minimum Gasteiger partial charge on any atom is -0.259 e. The highest BCUT2D eigenvalue weighted by molar-refractivity contribution is 7.92. The van der Waals surface area contributed by atoms with E-state index >= 15 is 0 Å². The Kier molecular flexibility index (Phi) is 4.02. The van der Waals surface area contributed by atoms with E-state index in [1.807, 2.05) is 12.1 Å². The molecule has 1 N–H and O–H groups in total. The van der Waals surface area contributed by atoms with Gasteiger partial charge in [-0.25, -0.2) is 22.2 Å². The smallest absolute Gasteiger partial charge is 0.259 e. The minimum atomic E-state index is -3.86. The number of nitrogens with zero attached hydrogens (tertiary/aromatic N) is 4. The maximum absolute atomic E-state index is 12.9. The summed E-state index contributed by atoms with van der Waals surface area (Å²) in [5.41, 5.74) is 0.769. The van der Waals surface area contributed by atoms with Gasteiger partial charge in [0.1, 0.15) is 12.1 Å². The summed E-state index contributed by atoms with van der Waals surface area (Å²) in [5, 5.41) is 4.03. The number of aromatic nitrogens is 4. The molecule has 0 atom stereocenters. The van der Waals surface area contributed by atoms with Crippen molar-refractivity contribution >= 4 is 16.0 Å². The number of sulfonamides is 1. The van der Waals surface area contributed by atoms with E-state index in [9.17, 15) is 12.8 Å². The van der Waals surface area contributed by atoms with Gasteiger partial charge in [-0.3, -0.25) is 4.98 Å². The Bertz CT molecular complexity index is 894. The summed E-state index contributed by atoms with van der Waals surface area (Å²) in [6.07, 6.45) is 3.06. The van der Waals surface area contributed by atoms with E-state index in [0.29, 0.717) is 6.54 Å². The van der Waals surface area contributed by atoms with Crippen LogP contribution in [-0.2, 0) is 16.6 Å². The number of halogens is 1. The van der Waals surface area contributed by atoms with Crippen molar-refractivity contribution in [2.75, 3.05) is 4.72 Å². The molecule has 0 saturated carbocycles. The Morgan fingerprint density at radius 1 is 1.09 bits per heavy atom. The zero-order valence-corrected chi connectivity index (χ0v) is 12.6. The summed E-state index contributed by atoms with van der Waals surface area (Å²) in [4.78, 5) is 7.98. The van der Waals surface area contributed by atoms with Crippen LogP contribution in [0.4, 0.5) is 10.3 Å². The van der Waals surface area contributed by atoms with Gasteiger partial charge in [0.2, 0.25) is 0 Å². The molecule has 3 aromatic rings. The molecule has 2 heterocycles. The van der Waals surface area contributed by atoms with Gasteiger partial charge in [0.15, 0.2) is 0 Å². The molecule has 7 nitrogen and oxygen atoms in total. The first-order valence-electron chi connectivity index (χ1n) is 6.61. The number of hydrogen-bond donors (Lipinski definition) is 1. The van der Waals surface area contributed by atoms with Gasteiger partial charge in [-0.15, -0.1) is 5.10 Å². The van der Waals surface area contributed by atoms with E-state index in [-0.39, 0.29) is 10.8 Å². The molecule has 0 aliphatic rings. The van der Waals surface area contributed by atoms with Crippen LogP contribution >= 0.6 is 0 Å². The SMILES string of the molecule is O=S(=O)(Nc1ncn(Cc2ccccn2)n1)c1ccc(F)cc1. The highest BCUT2D eigenvalue weighted by Crippen LogP contribution is 2.13. The standard InChI is InChI=1S/C14H12FN5O2S/c15-11-4-6-13(7-5-11)23(21,22)19-14-17-10-20(18-14)9-12-3-1-2-8-16-12/h1-8,10H,9H2,(H,18,19). The summed E-state index contributed by atoms with van der Waals surface area (Å²) >= 11 is 0. The normalized spacial score (nSPS) is 11.3. The second-order valence-corrected chi connectivity index (χ2v) is 6.33. The lowest BCUT2D eigenvalue weighted by molar-refractivity contribution is 0.599. The molecule has 0 fully saturated rings. The van der Waals surface area contributed by atoms with E-state index in [2.05, 4.69) is 19.8 Å². The Balaban J connectivity index is 1.74. The lowest BCUT2D eigenvalue weighted by Crippen LogP contribution is -2.14. The number of benzene rings is 1. The minimum absolute atomic E-state index is 0.0646. The van der Waals surface area contributed by atoms with Gasteiger partial charge in [-0.1, -0.05) is 6.07 Å². The fourth-order valence-corrected chi connectivity index (χ4v) is 2.81. The van der Waals surface area contributed by atoms with Gasteiger partial charge in [0.05, 0.1) is 17.1 Å². The van der Waals surface area contributed by atoms with Crippen molar-refractivity contribution in [1.82, 2.24) is 19.7 Å². The third kappa shape index (κ3) is 3.69. The summed E-state index contributed by atoms with van der Waals surface area (Å²) < 4.78 is 40.9. The van der Waals surface area contributed by atoms with Crippen molar-refractivity contribution in [2.45, 2.75) is 11.4 Å². The van der Waals surface area contributed by atoms with Gasteiger partial charge in [0.25, 0.3) is 16.0 Å². The maximum atomic E-state index is 12.9. The molecule has 0 unspecified atom stereocenters. The molecule has 23 heavy (non-hydrogen) atoms. The van der Waals surface area contributed by atoms with Crippen molar-refractivity contribution in [3.05, 3.63) is 66.5 Å². The second kappa shape index (κ2) is 6.13. The van der Waals surface area contributed by atoms with Crippen molar-refractivity contribution in [1.29, 1.82) is 0 Å². The highest BCUT2D eigenvalue weighted by Gasteiger charge is 2.16. The quantitative estimate of drug-likeness (QED) is 0.767. The molecule has 3 rings (SSSR count). The van der Waals surface area contributed by atoms with Crippen molar-refractivity contribution in [3.63, 3.8) is 0 Å². The molecule has 0 radical (unpaired) electrons. The lowest BCUT2D eigenvalue weighted by atomic mass is 10.3. The zero-order chi connectivity index (χ0) is 16.3. The van der Waals surface area contributed by atoms with Crippen LogP contribution in [0.5, 0.6) is 0 Å². The summed E-state index contributed by atoms with van der Waals surface area (Å²) in [7, 11) is -3.86. The fourth-order valence-electron chi connectivity index (χ4n) is 1.87. The zero-order valence-electron chi connectivity index (χ0n) is 11.8. The number of anilines is 1. The Labute approximate surface area is 131 Å². The molecule has 0 aliphatic carbocycles. The average Bonchev–Trinajstić information content (AvgIpc) is 2.95. The first-order chi connectivity index (χ1) is 11.0. The van der Waals surface area contributed by atoms with Crippen molar-refractivity contribution < 1.29 is 12.8 Å². The monoisotopic (exact) mass is 333 g/mol. The molecular formula is C14H12FN5O2S. The van der Waals surface area contributed by atoms with Gasteiger partial charge < -0.3 is 0 Å². The molecule has 9 heteroatoms. The highest BCUT2D eigenvalue weighted by atomic mass is 32.2.